The van der Waals surface area contributed by atoms with Crippen molar-refractivity contribution in [1.82, 2.24) is 4.98 Å². The van der Waals surface area contributed by atoms with Crippen LogP contribution in [0.2, 0.25) is 0 Å². The van der Waals surface area contributed by atoms with Gasteiger partial charge in [0.15, 0.2) is 0 Å². The molecule has 0 amide bonds. The Morgan fingerprint density at radius 2 is 1.71 bits per heavy atom. The molecule has 1 heterocycles. The zero-order valence-corrected chi connectivity index (χ0v) is 12.4. The number of ether oxygens (including phenoxy) is 1. The number of hydrogen-bond donors (Lipinski definition) is 1. The van der Waals surface area contributed by atoms with Crippen LogP contribution in [0.3, 0.4) is 0 Å². The number of hydrogen-bond acceptors (Lipinski definition) is 4. The van der Waals surface area contributed by atoms with Crippen LogP contribution >= 0.6 is 11.3 Å². The fourth-order valence-electron chi connectivity index (χ4n) is 2.07. The Balaban J connectivity index is 1.93. The topological polar surface area (TPSA) is 42.4 Å². The lowest BCUT2D eigenvalue weighted by Crippen LogP contribution is -1.90. The molecule has 0 aliphatic carbocycles. The first-order valence-electron chi connectivity index (χ1n) is 6.76. The van der Waals surface area contributed by atoms with Crippen molar-refractivity contribution in [3.8, 4) is 32.6 Å². The van der Waals surface area contributed by atoms with Gasteiger partial charge in [-0.15, -0.1) is 11.3 Å². The third-order valence-corrected chi connectivity index (χ3v) is 4.20. The molecule has 0 fully saturated rings. The fraction of sp³-hybridized carbons (Fsp3) is 0.118. The molecule has 106 valence electrons. The Morgan fingerprint density at radius 1 is 1.00 bits per heavy atom. The molecular weight excluding hydrogens is 282 g/mol. The van der Waals surface area contributed by atoms with Crippen LogP contribution in [-0.4, -0.2) is 16.7 Å². The van der Waals surface area contributed by atoms with Crippen LogP contribution < -0.4 is 4.74 Å². The fourth-order valence-corrected chi connectivity index (χ4v) is 3.04. The molecule has 0 bridgehead atoms. The summed E-state index contributed by atoms with van der Waals surface area (Å²) in [6, 6.07) is 17.5. The minimum absolute atomic E-state index is 0.0788. The molecule has 0 aliphatic heterocycles. The van der Waals surface area contributed by atoms with E-state index in [-0.39, 0.29) is 5.88 Å². The van der Waals surface area contributed by atoms with Gasteiger partial charge < -0.3 is 9.84 Å². The molecule has 3 rings (SSSR count). The van der Waals surface area contributed by atoms with Crippen molar-refractivity contribution in [2.75, 3.05) is 6.61 Å². The molecule has 1 aromatic heterocycles. The molecule has 0 unspecified atom stereocenters. The molecular formula is C17H15NO2S. The standard InChI is InChI=1S/C17H15NO2S/c1-2-20-14-10-8-13(9-11-14)17-18-16(19)15(21-17)12-6-4-3-5-7-12/h3-11,19H,2H2,1H3. The SMILES string of the molecule is CCOc1ccc(-c2nc(O)c(-c3ccccc3)s2)cc1. The summed E-state index contributed by atoms with van der Waals surface area (Å²) in [7, 11) is 0. The lowest BCUT2D eigenvalue weighted by molar-refractivity contribution is 0.340. The maximum absolute atomic E-state index is 10.1. The molecule has 0 atom stereocenters. The Bertz CT molecular complexity index is 720. The van der Waals surface area contributed by atoms with E-state index < -0.39 is 0 Å². The second-order valence-corrected chi connectivity index (χ2v) is 5.49. The van der Waals surface area contributed by atoms with Gasteiger partial charge in [0, 0.05) is 5.56 Å². The molecule has 0 aliphatic rings. The van der Waals surface area contributed by atoms with E-state index in [2.05, 4.69) is 4.98 Å². The van der Waals surface area contributed by atoms with E-state index in [1.807, 2.05) is 61.5 Å². The summed E-state index contributed by atoms with van der Waals surface area (Å²) in [5.41, 5.74) is 1.95. The summed E-state index contributed by atoms with van der Waals surface area (Å²) in [6.45, 7) is 2.61. The minimum atomic E-state index is 0.0788. The van der Waals surface area contributed by atoms with Crippen LogP contribution in [0.25, 0.3) is 21.0 Å². The smallest absolute Gasteiger partial charge is 0.230 e. The molecule has 3 aromatic rings. The highest BCUT2D eigenvalue weighted by molar-refractivity contribution is 7.18. The number of nitrogens with zero attached hydrogens (tertiary/aromatic N) is 1. The predicted octanol–water partition coefficient (Wildman–Crippen LogP) is 4.58. The summed E-state index contributed by atoms with van der Waals surface area (Å²) < 4.78 is 5.43. The normalized spacial score (nSPS) is 10.5. The average molecular weight is 297 g/mol. The van der Waals surface area contributed by atoms with Crippen molar-refractivity contribution < 1.29 is 9.84 Å². The quantitative estimate of drug-likeness (QED) is 0.766. The maximum Gasteiger partial charge on any atom is 0.230 e. The highest BCUT2D eigenvalue weighted by Crippen LogP contribution is 2.39. The molecule has 21 heavy (non-hydrogen) atoms. The first-order valence-corrected chi connectivity index (χ1v) is 7.58. The van der Waals surface area contributed by atoms with Crippen molar-refractivity contribution in [2.45, 2.75) is 6.92 Å². The molecule has 0 saturated heterocycles. The number of rotatable bonds is 4. The van der Waals surface area contributed by atoms with Gasteiger partial charge >= 0.3 is 0 Å². The van der Waals surface area contributed by atoms with E-state index in [4.69, 9.17) is 4.74 Å². The summed E-state index contributed by atoms with van der Waals surface area (Å²) in [4.78, 5) is 5.06. The maximum atomic E-state index is 10.1. The van der Waals surface area contributed by atoms with Crippen LogP contribution in [0.4, 0.5) is 0 Å². The van der Waals surface area contributed by atoms with Gasteiger partial charge in [0.2, 0.25) is 5.88 Å². The van der Waals surface area contributed by atoms with Crippen LogP contribution in [-0.2, 0) is 0 Å². The number of benzene rings is 2. The van der Waals surface area contributed by atoms with Crippen LogP contribution in [0.15, 0.2) is 54.6 Å². The highest BCUT2D eigenvalue weighted by Gasteiger charge is 2.13. The van der Waals surface area contributed by atoms with Crippen LogP contribution in [0.5, 0.6) is 11.6 Å². The minimum Gasteiger partial charge on any atom is -0.494 e. The van der Waals surface area contributed by atoms with Crippen molar-refractivity contribution in [2.24, 2.45) is 0 Å². The van der Waals surface area contributed by atoms with Crippen molar-refractivity contribution in [3.05, 3.63) is 54.6 Å². The van der Waals surface area contributed by atoms with Crippen LogP contribution in [0.1, 0.15) is 6.92 Å². The van der Waals surface area contributed by atoms with Gasteiger partial charge in [0.1, 0.15) is 10.8 Å². The van der Waals surface area contributed by atoms with Gasteiger partial charge in [-0.05, 0) is 36.8 Å². The second kappa shape index (κ2) is 5.97. The Kier molecular flexibility index (Phi) is 3.88. The molecule has 2 aromatic carbocycles. The van der Waals surface area contributed by atoms with E-state index in [1.54, 1.807) is 0 Å². The molecule has 3 nitrogen and oxygen atoms in total. The van der Waals surface area contributed by atoms with Gasteiger partial charge in [-0.3, -0.25) is 0 Å². The Morgan fingerprint density at radius 3 is 2.38 bits per heavy atom. The van der Waals surface area contributed by atoms with Gasteiger partial charge in [0.05, 0.1) is 11.5 Å². The number of thiazole rings is 1. The molecule has 4 heteroatoms. The largest absolute Gasteiger partial charge is 0.494 e. The average Bonchev–Trinajstić information content (AvgIpc) is 2.91. The van der Waals surface area contributed by atoms with E-state index in [0.29, 0.717) is 6.61 Å². The van der Waals surface area contributed by atoms with E-state index >= 15 is 0 Å². The second-order valence-electron chi connectivity index (χ2n) is 4.50. The summed E-state index contributed by atoms with van der Waals surface area (Å²) in [5, 5.41) is 10.9. The van der Waals surface area contributed by atoms with Crippen molar-refractivity contribution in [1.29, 1.82) is 0 Å². The van der Waals surface area contributed by atoms with Gasteiger partial charge in [0.25, 0.3) is 0 Å². The first kappa shape index (κ1) is 13.6. The number of aromatic hydroxyl groups is 1. The van der Waals surface area contributed by atoms with E-state index in [9.17, 15) is 5.11 Å². The predicted molar refractivity (Wildman–Crippen MR) is 85.8 cm³/mol. The lowest BCUT2D eigenvalue weighted by Gasteiger charge is -2.02. The summed E-state index contributed by atoms with van der Waals surface area (Å²) in [6.07, 6.45) is 0. The molecule has 1 N–H and O–H groups in total. The van der Waals surface area contributed by atoms with Gasteiger partial charge in [-0.1, -0.05) is 30.3 Å². The molecule has 0 saturated carbocycles. The molecule has 0 radical (unpaired) electrons. The van der Waals surface area contributed by atoms with Gasteiger partial charge in [-0.2, -0.15) is 0 Å². The molecule has 0 spiro atoms. The van der Waals surface area contributed by atoms with Gasteiger partial charge in [-0.25, -0.2) is 4.98 Å². The third kappa shape index (κ3) is 2.90. The van der Waals surface area contributed by atoms with Crippen molar-refractivity contribution in [3.63, 3.8) is 0 Å². The summed E-state index contributed by atoms with van der Waals surface area (Å²) in [5.74, 6) is 0.917. The Hall–Kier alpha value is -2.33. The van der Waals surface area contributed by atoms with E-state index in [1.165, 1.54) is 11.3 Å². The monoisotopic (exact) mass is 297 g/mol. The number of aromatic nitrogens is 1. The Labute approximate surface area is 127 Å². The zero-order chi connectivity index (χ0) is 14.7. The van der Waals surface area contributed by atoms with E-state index in [0.717, 1.165) is 26.8 Å². The highest BCUT2D eigenvalue weighted by atomic mass is 32.1. The third-order valence-electron chi connectivity index (χ3n) is 3.06. The van der Waals surface area contributed by atoms with Crippen molar-refractivity contribution >= 4 is 11.3 Å². The zero-order valence-electron chi connectivity index (χ0n) is 11.6. The summed E-state index contributed by atoms with van der Waals surface area (Å²) >= 11 is 1.48. The van der Waals surface area contributed by atoms with Crippen LogP contribution in [0, 0.1) is 0 Å². The lowest BCUT2D eigenvalue weighted by atomic mass is 10.2. The first-order chi connectivity index (χ1) is 10.3.